The van der Waals surface area contributed by atoms with Crippen molar-refractivity contribution in [2.24, 2.45) is 5.73 Å². The highest BCUT2D eigenvalue weighted by Gasteiger charge is 2.32. The van der Waals surface area contributed by atoms with Crippen LogP contribution in [0.1, 0.15) is 18.4 Å². The summed E-state index contributed by atoms with van der Waals surface area (Å²) in [6.07, 6.45) is -1.64. The highest BCUT2D eigenvalue weighted by atomic mass is 79.9. The van der Waals surface area contributed by atoms with Gasteiger partial charge in [0, 0.05) is 25.3 Å². The van der Waals surface area contributed by atoms with Crippen molar-refractivity contribution >= 4 is 34.2 Å². The van der Waals surface area contributed by atoms with Gasteiger partial charge < -0.3 is 10.6 Å². The Balaban J connectivity index is 0.00000180. The number of rotatable bonds is 1. The van der Waals surface area contributed by atoms with Crippen molar-refractivity contribution in [2.75, 3.05) is 18.0 Å². The molecular weight excluding hydrogens is 346 g/mol. The summed E-state index contributed by atoms with van der Waals surface area (Å²) in [5, 5.41) is 0. The summed E-state index contributed by atoms with van der Waals surface area (Å²) in [5.41, 5.74) is 5.10. The topological polar surface area (TPSA) is 42.1 Å². The summed E-state index contributed by atoms with van der Waals surface area (Å²) >= 11 is 3.15. The fraction of sp³-hybridized carbons (Fsp3) is 0.545. The molecular formula is C11H14BrClF3N3. The molecule has 0 spiro atoms. The number of pyridine rings is 1. The van der Waals surface area contributed by atoms with Gasteiger partial charge in [-0.1, -0.05) is 0 Å². The monoisotopic (exact) mass is 359 g/mol. The van der Waals surface area contributed by atoms with E-state index in [1.165, 1.54) is 0 Å². The van der Waals surface area contributed by atoms with E-state index in [0.717, 1.165) is 31.6 Å². The van der Waals surface area contributed by atoms with E-state index >= 15 is 0 Å². The fourth-order valence-corrected chi connectivity index (χ4v) is 2.62. The molecule has 1 atom stereocenters. The van der Waals surface area contributed by atoms with Crippen LogP contribution < -0.4 is 10.6 Å². The van der Waals surface area contributed by atoms with Crippen LogP contribution in [0.2, 0.25) is 0 Å². The Hall–Kier alpha value is -0.530. The van der Waals surface area contributed by atoms with Gasteiger partial charge >= 0.3 is 6.18 Å². The number of piperidine rings is 1. The maximum Gasteiger partial charge on any atom is 0.417 e. The van der Waals surface area contributed by atoms with Gasteiger partial charge in [-0.05, 0) is 34.8 Å². The van der Waals surface area contributed by atoms with Crippen molar-refractivity contribution < 1.29 is 13.2 Å². The predicted octanol–water partition coefficient (Wildman–Crippen LogP) is 3.21. The molecule has 1 aliphatic heterocycles. The zero-order chi connectivity index (χ0) is 13.3. The molecule has 0 saturated carbocycles. The maximum atomic E-state index is 12.5. The summed E-state index contributed by atoms with van der Waals surface area (Å²) in [6.45, 7) is 1.39. The Labute approximate surface area is 123 Å². The van der Waals surface area contributed by atoms with Crippen molar-refractivity contribution in [3.63, 3.8) is 0 Å². The van der Waals surface area contributed by atoms with Gasteiger partial charge in [-0.25, -0.2) is 4.98 Å². The number of nitrogens with two attached hydrogens (primary N) is 1. The second kappa shape index (κ2) is 6.28. The van der Waals surface area contributed by atoms with Crippen LogP contribution in [0.4, 0.5) is 19.0 Å². The van der Waals surface area contributed by atoms with Gasteiger partial charge in [0.1, 0.15) is 5.82 Å². The molecule has 0 radical (unpaired) electrons. The van der Waals surface area contributed by atoms with Gasteiger partial charge in [0.2, 0.25) is 0 Å². The Morgan fingerprint density at radius 3 is 2.63 bits per heavy atom. The Morgan fingerprint density at radius 2 is 2.11 bits per heavy atom. The number of hydrogen-bond donors (Lipinski definition) is 1. The van der Waals surface area contributed by atoms with Crippen LogP contribution in [0, 0.1) is 0 Å². The van der Waals surface area contributed by atoms with Crippen LogP contribution in [0.3, 0.4) is 0 Å². The molecule has 1 fully saturated rings. The molecule has 0 unspecified atom stereocenters. The molecule has 2 rings (SSSR count). The molecule has 2 N–H and O–H groups in total. The molecule has 2 heterocycles. The van der Waals surface area contributed by atoms with E-state index in [4.69, 9.17) is 5.73 Å². The lowest BCUT2D eigenvalue weighted by Crippen LogP contribution is -2.43. The van der Waals surface area contributed by atoms with Gasteiger partial charge in [0.05, 0.1) is 10.0 Å². The van der Waals surface area contributed by atoms with E-state index in [0.29, 0.717) is 16.8 Å². The number of alkyl halides is 3. The van der Waals surface area contributed by atoms with E-state index in [-0.39, 0.29) is 18.4 Å². The van der Waals surface area contributed by atoms with Gasteiger partial charge in [0.25, 0.3) is 0 Å². The van der Waals surface area contributed by atoms with Crippen molar-refractivity contribution in [2.45, 2.75) is 25.1 Å². The first-order valence-corrected chi connectivity index (χ1v) is 6.40. The molecule has 1 aromatic rings. The largest absolute Gasteiger partial charge is 0.417 e. The minimum atomic E-state index is -4.37. The molecule has 8 heteroatoms. The van der Waals surface area contributed by atoms with E-state index in [2.05, 4.69) is 20.9 Å². The molecule has 3 nitrogen and oxygen atoms in total. The lowest BCUT2D eigenvalue weighted by Gasteiger charge is -2.32. The van der Waals surface area contributed by atoms with Crippen LogP contribution in [-0.2, 0) is 6.18 Å². The Bertz CT molecular complexity index is 442. The first kappa shape index (κ1) is 16.5. The van der Waals surface area contributed by atoms with Crippen molar-refractivity contribution in [1.29, 1.82) is 0 Å². The maximum absolute atomic E-state index is 12.5. The molecule has 0 bridgehead atoms. The zero-order valence-corrected chi connectivity index (χ0v) is 12.4. The number of aromatic nitrogens is 1. The van der Waals surface area contributed by atoms with Crippen LogP contribution in [-0.4, -0.2) is 24.1 Å². The molecule has 0 aromatic carbocycles. The summed E-state index contributed by atoms with van der Waals surface area (Å²) in [4.78, 5) is 5.82. The average molecular weight is 361 g/mol. The highest BCUT2D eigenvalue weighted by Crippen LogP contribution is 2.34. The lowest BCUT2D eigenvalue weighted by atomic mass is 10.1. The average Bonchev–Trinajstić information content (AvgIpc) is 2.27. The molecule has 108 valence electrons. The smallest absolute Gasteiger partial charge is 0.354 e. The highest BCUT2D eigenvalue weighted by molar-refractivity contribution is 9.10. The second-order valence-electron chi connectivity index (χ2n) is 4.38. The Morgan fingerprint density at radius 1 is 1.42 bits per heavy atom. The third-order valence-electron chi connectivity index (χ3n) is 2.91. The second-order valence-corrected chi connectivity index (χ2v) is 5.23. The third kappa shape index (κ3) is 3.97. The standard InChI is InChI=1S/C11H13BrF3N3.ClH/c12-9-4-7(11(13,14)15)5-17-10(9)18-3-1-2-8(16)6-18;/h4-5,8H,1-3,6,16H2;1H/t8-;/m1./s1. The van der Waals surface area contributed by atoms with Crippen LogP contribution >= 0.6 is 28.3 Å². The molecule has 1 saturated heterocycles. The van der Waals surface area contributed by atoms with Crippen molar-refractivity contribution in [3.8, 4) is 0 Å². The van der Waals surface area contributed by atoms with Crippen LogP contribution in [0.25, 0.3) is 0 Å². The molecule has 0 aliphatic carbocycles. The lowest BCUT2D eigenvalue weighted by molar-refractivity contribution is -0.137. The normalized spacial score (nSPS) is 20.1. The van der Waals surface area contributed by atoms with E-state index in [1.54, 1.807) is 0 Å². The van der Waals surface area contributed by atoms with Crippen molar-refractivity contribution in [3.05, 3.63) is 22.3 Å². The molecule has 0 amide bonds. The first-order valence-electron chi connectivity index (χ1n) is 5.61. The number of halogens is 5. The third-order valence-corrected chi connectivity index (χ3v) is 3.49. The first-order chi connectivity index (χ1) is 8.38. The predicted molar refractivity (Wildman–Crippen MR) is 73.6 cm³/mol. The summed E-state index contributed by atoms with van der Waals surface area (Å²) in [5.74, 6) is 0.526. The summed E-state index contributed by atoms with van der Waals surface area (Å²) in [7, 11) is 0. The molecule has 19 heavy (non-hydrogen) atoms. The van der Waals surface area contributed by atoms with Crippen molar-refractivity contribution in [1.82, 2.24) is 4.98 Å². The minimum Gasteiger partial charge on any atom is -0.354 e. The minimum absolute atomic E-state index is 0. The van der Waals surface area contributed by atoms with Gasteiger partial charge in [0.15, 0.2) is 0 Å². The van der Waals surface area contributed by atoms with Crippen LogP contribution in [0.15, 0.2) is 16.7 Å². The van der Waals surface area contributed by atoms with E-state index in [9.17, 15) is 13.2 Å². The molecule has 1 aromatic heterocycles. The van der Waals surface area contributed by atoms with E-state index < -0.39 is 11.7 Å². The van der Waals surface area contributed by atoms with Crippen LogP contribution in [0.5, 0.6) is 0 Å². The van der Waals surface area contributed by atoms with Gasteiger partial charge in [-0.3, -0.25) is 0 Å². The van der Waals surface area contributed by atoms with E-state index in [1.807, 2.05) is 4.90 Å². The number of hydrogen-bond acceptors (Lipinski definition) is 3. The van der Waals surface area contributed by atoms with Gasteiger partial charge in [-0.2, -0.15) is 13.2 Å². The number of anilines is 1. The molecule has 1 aliphatic rings. The quantitative estimate of drug-likeness (QED) is 0.836. The Kier molecular flexibility index (Phi) is 5.46. The van der Waals surface area contributed by atoms with Gasteiger partial charge in [-0.15, -0.1) is 12.4 Å². The number of nitrogens with zero attached hydrogens (tertiary/aromatic N) is 2. The zero-order valence-electron chi connectivity index (χ0n) is 9.95. The fourth-order valence-electron chi connectivity index (χ4n) is 2.02. The SMILES string of the molecule is Cl.N[C@@H]1CCCN(c2ncc(C(F)(F)F)cc2Br)C1. The summed E-state index contributed by atoms with van der Waals surface area (Å²) in [6, 6.07) is 1.11. The summed E-state index contributed by atoms with van der Waals surface area (Å²) < 4.78 is 37.9.